The summed E-state index contributed by atoms with van der Waals surface area (Å²) in [4.78, 5) is 11.7. The lowest BCUT2D eigenvalue weighted by molar-refractivity contribution is 1.08. The lowest BCUT2D eigenvalue weighted by Crippen LogP contribution is -1.96. The van der Waals surface area contributed by atoms with Gasteiger partial charge in [0, 0.05) is 0 Å². The number of hydrogen-bond donors (Lipinski definition) is 1. The van der Waals surface area contributed by atoms with Gasteiger partial charge in [0.25, 0.3) is 0 Å². The number of aromatic nitrogens is 2. The van der Waals surface area contributed by atoms with E-state index in [1.807, 2.05) is 0 Å². The Labute approximate surface area is 70.9 Å². The number of fused-ring (bicyclic) bond motifs is 1. The molecule has 0 atom stereocenters. The topological polar surface area (TPSA) is 78.3 Å². The van der Waals surface area contributed by atoms with Crippen molar-refractivity contribution in [2.24, 2.45) is 4.99 Å². The molecule has 0 aliphatic carbocycles. The van der Waals surface area contributed by atoms with Crippen molar-refractivity contribution in [1.29, 1.82) is 0 Å². The number of anilines is 1. The summed E-state index contributed by atoms with van der Waals surface area (Å²) >= 11 is 3.10. The van der Waals surface area contributed by atoms with Crippen molar-refractivity contribution in [1.82, 2.24) is 15.3 Å². The van der Waals surface area contributed by atoms with Crippen molar-refractivity contribution in [3.63, 3.8) is 0 Å². The van der Waals surface area contributed by atoms with Crippen molar-refractivity contribution >= 4 is 39.6 Å². The Bertz CT molecular complexity index is 334. The smallest absolute Gasteiger partial charge is 0.200 e. The fourth-order valence-electron chi connectivity index (χ4n) is 0.787. The summed E-state index contributed by atoms with van der Waals surface area (Å²) in [5.74, 6) is 0.865. The highest BCUT2D eigenvalue weighted by molar-refractivity contribution is 9.10. The molecule has 0 saturated heterocycles. The van der Waals surface area contributed by atoms with Crippen LogP contribution in [0.15, 0.2) is 9.73 Å². The molecule has 0 unspecified atom stereocenters. The van der Waals surface area contributed by atoms with E-state index < -0.39 is 0 Å². The molecule has 1 aromatic heterocycles. The zero-order valence-corrected chi connectivity index (χ0v) is 6.91. The SMILES string of the molecule is Nc1nc(Br)nc2c1N=C[N]2. The first kappa shape index (κ1) is 6.53. The lowest BCUT2D eigenvalue weighted by atomic mass is 10.4. The zero-order chi connectivity index (χ0) is 7.84. The first-order chi connectivity index (χ1) is 5.27. The van der Waals surface area contributed by atoms with Crippen LogP contribution < -0.4 is 11.1 Å². The van der Waals surface area contributed by atoms with Crippen LogP contribution in [0.4, 0.5) is 17.3 Å². The highest BCUT2D eigenvalue weighted by Gasteiger charge is 2.14. The van der Waals surface area contributed by atoms with Crippen molar-refractivity contribution in [3.05, 3.63) is 4.73 Å². The molecular weight excluding hydrogens is 210 g/mol. The van der Waals surface area contributed by atoms with Gasteiger partial charge in [-0.1, -0.05) is 0 Å². The van der Waals surface area contributed by atoms with Crippen LogP contribution in [0.5, 0.6) is 0 Å². The predicted octanol–water partition coefficient (Wildman–Crippen LogP) is 0.731. The first-order valence-corrected chi connectivity index (χ1v) is 3.63. The van der Waals surface area contributed by atoms with Gasteiger partial charge in [0.05, 0.1) is 0 Å². The minimum absolute atomic E-state index is 0.347. The molecule has 2 heterocycles. The maximum atomic E-state index is 5.52. The molecule has 0 bridgehead atoms. The maximum Gasteiger partial charge on any atom is 0.200 e. The van der Waals surface area contributed by atoms with E-state index in [1.54, 1.807) is 0 Å². The molecule has 1 aromatic rings. The van der Waals surface area contributed by atoms with Gasteiger partial charge >= 0.3 is 0 Å². The number of nitrogen functional groups attached to an aromatic ring is 1. The summed E-state index contributed by atoms with van der Waals surface area (Å²) in [6.45, 7) is 0. The van der Waals surface area contributed by atoms with Gasteiger partial charge in [0.2, 0.25) is 4.73 Å². The molecule has 11 heavy (non-hydrogen) atoms. The molecule has 1 radical (unpaired) electrons. The van der Waals surface area contributed by atoms with Crippen LogP contribution >= 0.6 is 15.9 Å². The van der Waals surface area contributed by atoms with E-state index >= 15 is 0 Å². The van der Waals surface area contributed by atoms with E-state index in [9.17, 15) is 0 Å². The zero-order valence-electron chi connectivity index (χ0n) is 5.32. The third-order valence-corrected chi connectivity index (χ3v) is 1.59. The van der Waals surface area contributed by atoms with E-state index in [-0.39, 0.29) is 0 Å². The molecule has 1 aliphatic rings. The minimum atomic E-state index is 0.347. The quantitative estimate of drug-likeness (QED) is 0.645. The standard InChI is InChI=1S/C5H3BrN5/c6-5-10-3(7)2-4(11-5)9-1-8-2/h1H,(H2,7,10,11). The van der Waals surface area contributed by atoms with Gasteiger partial charge in [0.1, 0.15) is 6.34 Å². The van der Waals surface area contributed by atoms with Crippen LogP contribution in [0, 0.1) is 0 Å². The van der Waals surface area contributed by atoms with Gasteiger partial charge in [-0.15, -0.1) is 0 Å². The molecule has 2 N–H and O–H groups in total. The maximum absolute atomic E-state index is 5.52. The molecule has 0 fully saturated rings. The molecule has 6 heteroatoms. The van der Waals surface area contributed by atoms with Gasteiger partial charge in [0.15, 0.2) is 17.3 Å². The first-order valence-electron chi connectivity index (χ1n) is 2.84. The molecule has 5 nitrogen and oxygen atoms in total. The molecule has 55 valence electrons. The molecule has 0 spiro atoms. The number of nitrogens with two attached hydrogens (primary N) is 1. The third kappa shape index (κ3) is 0.949. The molecule has 2 rings (SSSR count). The molecule has 0 saturated carbocycles. The molecular formula is C5H3BrN5. The second-order valence-corrected chi connectivity index (χ2v) is 2.63. The Balaban J connectivity index is 2.67. The summed E-state index contributed by atoms with van der Waals surface area (Å²) in [6.07, 6.45) is 1.40. The summed E-state index contributed by atoms with van der Waals surface area (Å²) in [5, 5.41) is 3.87. The van der Waals surface area contributed by atoms with E-state index in [4.69, 9.17) is 5.73 Å². The van der Waals surface area contributed by atoms with E-state index in [2.05, 4.69) is 36.2 Å². The molecule has 0 aromatic carbocycles. The van der Waals surface area contributed by atoms with E-state index in [0.29, 0.717) is 22.1 Å². The fourth-order valence-corrected chi connectivity index (χ4v) is 1.15. The van der Waals surface area contributed by atoms with Gasteiger partial charge in [-0.25, -0.2) is 20.3 Å². The van der Waals surface area contributed by atoms with Crippen LogP contribution in [0.1, 0.15) is 0 Å². The average molecular weight is 213 g/mol. The highest BCUT2D eigenvalue weighted by atomic mass is 79.9. The third-order valence-electron chi connectivity index (χ3n) is 1.23. The van der Waals surface area contributed by atoms with Crippen LogP contribution in [0.25, 0.3) is 0 Å². The average Bonchev–Trinajstić information content (AvgIpc) is 2.34. The number of nitrogens with zero attached hydrogens (tertiary/aromatic N) is 4. The van der Waals surface area contributed by atoms with E-state index in [1.165, 1.54) is 6.34 Å². The van der Waals surface area contributed by atoms with Crippen molar-refractivity contribution < 1.29 is 0 Å². The van der Waals surface area contributed by atoms with Crippen LogP contribution in [0.2, 0.25) is 0 Å². The largest absolute Gasteiger partial charge is 0.382 e. The second kappa shape index (κ2) is 2.16. The van der Waals surface area contributed by atoms with Gasteiger partial charge in [-0.05, 0) is 15.9 Å². The summed E-state index contributed by atoms with van der Waals surface area (Å²) in [5.41, 5.74) is 6.07. The predicted molar refractivity (Wildman–Crippen MR) is 44.1 cm³/mol. The number of aliphatic imine (C=N–C) groups is 1. The fraction of sp³-hybridized carbons (Fsp3) is 0. The highest BCUT2D eigenvalue weighted by Crippen LogP contribution is 2.31. The Morgan fingerprint density at radius 3 is 3.00 bits per heavy atom. The van der Waals surface area contributed by atoms with E-state index in [0.717, 1.165) is 0 Å². The number of rotatable bonds is 0. The van der Waals surface area contributed by atoms with Gasteiger partial charge in [-0.3, -0.25) is 0 Å². The van der Waals surface area contributed by atoms with Crippen molar-refractivity contribution in [3.8, 4) is 0 Å². The Hall–Kier alpha value is -1.17. The second-order valence-electron chi connectivity index (χ2n) is 1.92. The summed E-state index contributed by atoms with van der Waals surface area (Å²) < 4.78 is 0.433. The Morgan fingerprint density at radius 2 is 2.18 bits per heavy atom. The molecule has 0 amide bonds. The monoisotopic (exact) mass is 212 g/mol. The molecule has 1 aliphatic heterocycles. The van der Waals surface area contributed by atoms with Gasteiger partial charge in [-0.2, -0.15) is 0 Å². The number of hydrogen-bond acceptors (Lipinski definition) is 4. The van der Waals surface area contributed by atoms with Crippen molar-refractivity contribution in [2.75, 3.05) is 5.73 Å². The Morgan fingerprint density at radius 1 is 1.36 bits per heavy atom. The normalized spacial score (nSPS) is 12.8. The number of halogens is 1. The van der Waals surface area contributed by atoms with Gasteiger partial charge < -0.3 is 5.73 Å². The van der Waals surface area contributed by atoms with Crippen LogP contribution in [-0.2, 0) is 0 Å². The Kier molecular flexibility index (Phi) is 1.28. The van der Waals surface area contributed by atoms with Crippen molar-refractivity contribution in [2.45, 2.75) is 0 Å². The summed E-state index contributed by atoms with van der Waals surface area (Å²) in [6, 6.07) is 0. The van der Waals surface area contributed by atoms with Crippen LogP contribution in [0.3, 0.4) is 0 Å². The lowest BCUT2D eigenvalue weighted by Gasteiger charge is -1.97. The van der Waals surface area contributed by atoms with Crippen LogP contribution in [-0.4, -0.2) is 16.3 Å². The minimum Gasteiger partial charge on any atom is -0.382 e. The summed E-state index contributed by atoms with van der Waals surface area (Å²) in [7, 11) is 0.